The summed E-state index contributed by atoms with van der Waals surface area (Å²) in [5, 5.41) is 0. The molecule has 2 heterocycles. The van der Waals surface area contributed by atoms with Crippen LogP contribution in [0, 0.1) is 0 Å². The summed E-state index contributed by atoms with van der Waals surface area (Å²) in [6.07, 6.45) is 1.38. The van der Waals surface area contributed by atoms with Gasteiger partial charge in [0.1, 0.15) is 16.6 Å². The lowest BCUT2D eigenvalue weighted by Crippen LogP contribution is -2.53. The Balaban J connectivity index is 2.08. The number of sulfonamides is 1. The third-order valence-corrected chi connectivity index (χ3v) is 6.18. The van der Waals surface area contributed by atoms with Gasteiger partial charge in [0, 0.05) is 39.4 Å². The number of esters is 1. The van der Waals surface area contributed by atoms with Crippen molar-refractivity contribution in [2.24, 2.45) is 12.8 Å². The summed E-state index contributed by atoms with van der Waals surface area (Å²) >= 11 is 0. The molecule has 1 aliphatic heterocycles. The van der Waals surface area contributed by atoms with Gasteiger partial charge in [0.15, 0.2) is 0 Å². The molecule has 0 aromatic carbocycles. The van der Waals surface area contributed by atoms with Crippen molar-refractivity contribution in [1.82, 2.24) is 13.8 Å². The number of hydrogen-bond donors (Lipinski definition) is 1. The minimum absolute atomic E-state index is 0.0377. The maximum atomic E-state index is 12.7. The quantitative estimate of drug-likeness (QED) is 0.666. The normalized spacial score (nSPS) is 18.0. The first-order chi connectivity index (χ1) is 11.7. The molecule has 1 aromatic rings. The molecule has 1 saturated heterocycles. The van der Waals surface area contributed by atoms with Crippen LogP contribution in [0.25, 0.3) is 0 Å². The van der Waals surface area contributed by atoms with Gasteiger partial charge in [-0.15, -0.1) is 0 Å². The molecule has 2 N–H and O–H groups in total. The molecule has 1 aliphatic rings. The average molecular weight is 372 g/mol. The maximum Gasteiger partial charge on any atom is 0.323 e. The molecular weight excluding hydrogens is 348 g/mol. The number of aryl methyl sites for hydroxylation is 1. The highest BCUT2D eigenvalue weighted by molar-refractivity contribution is 7.89. The van der Waals surface area contributed by atoms with E-state index >= 15 is 0 Å². The Labute approximate surface area is 147 Å². The van der Waals surface area contributed by atoms with Crippen LogP contribution in [0.3, 0.4) is 0 Å². The summed E-state index contributed by atoms with van der Waals surface area (Å²) in [5.74, 6) is -0.995. The zero-order valence-electron chi connectivity index (χ0n) is 14.6. The highest BCUT2D eigenvalue weighted by Gasteiger charge is 2.33. The van der Waals surface area contributed by atoms with E-state index in [0.29, 0.717) is 19.7 Å². The van der Waals surface area contributed by atoms with Crippen LogP contribution in [0.4, 0.5) is 0 Å². The number of carbonyl (C=O) groups is 2. The van der Waals surface area contributed by atoms with Gasteiger partial charge in [-0.25, -0.2) is 8.42 Å². The second-order valence-electron chi connectivity index (χ2n) is 5.90. The number of hydrogen-bond acceptors (Lipinski definition) is 6. The van der Waals surface area contributed by atoms with Gasteiger partial charge >= 0.3 is 5.97 Å². The SMILES string of the molecule is CCOC(=O)C(C)N1CCN(S(=O)(=O)c2cc(C(N)=O)n(C)c2)CC1. The Hall–Kier alpha value is -1.91. The van der Waals surface area contributed by atoms with Crippen molar-refractivity contribution in [2.45, 2.75) is 24.8 Å². The number of carbonyl (C=O) groups excluding carboxylic acids is 2. The number of nitrogens with two attached hydrogens (primary N) is 1. The van der Waals surface area contributed by atoms with E-state index in [0.717, 1.165) is 0 Å². The fourth-order valence-electron chi connectivity index (χ4n) is 2.81. The van der Waals surface area contributed by atoms with Crippen LogP contribution in [0.2, 0.25) is 0 Å². The number of rotatable bonds is 6. The fourth-order valence-corrected chi connectivity index (χ4v) is 4.31. The standard InChI is InChI=1S/C15H24N4O5S/c1-4-24-15(21)11(2)18-5-7-19(8-6-18)25(22,23)12-9-13(14(16)20)17(3)10-12/h9-11H,4-8H2,1-3H3,(H2,16,20). The molecule has 1 fully saturated rings. The molecule has 0 saturated carbocycles. The van der Waals surface area contributed by atoms with Gasteiger partial charge in [0.05, 0.1) is 6.61 Å². The van der Waals surface area contributed by atoms with Crippen LogP contribution < -0.4 is 5.73 Å². The van der Waals surface area contributed by atoms with E-state index in [1.165, 1.54) is 21.1 Å². The number of nitrogens with zero attached hydrogens (tertiary/aromatic N) is 3. The van der Waals surface area contributed by atoms with Crippen molar-refractivity contribution in [2.75, 3.05) is 32.8 Å². The zero-order chi connectivity index (χ0) is 18.8. The smallest absolute Gasteiger partial charge is 0.323 e. The predicted molar refractivity (Wildman–Crippen MR) is 90.4 cm³/mol. The molecule has 25 heavy (non-hydrogen) atoms. The molecule has 140 valence electrons. The Morgan fingerprint density at radius 3 is 2.36 bits per heavy atom. The van der Waals surface area contributed by atoms with Gasteiger partial charge in [-0.3, -0.25) is 14.5 Å². The largest absolute Gasteiger partial charge is 0.465 e. The molecule has 0 spiro atoms. The van der Waals surface area contributed by atoms with Gasteiger partial charge in [0.25, 0.3) is 5.91 Å². The van der Waals surface area contributed by atoms with Crippen molar-refractivity contribution in [3.8, 4) is 0 Å². The summed E-state index contributed by atoms with van der Waals surface area (Å²) in [7, 11) is -2.15. The third-order valence-electron chi connectivity index (χ3n) is 4.32. The van der Waals surface area contributed by atoms with Gasteiger partial charge in [0.2, 0.25) is 10.0 Å². The fraction of sp³-hybridized carbons (Fsp3) is 0.600. The molecule has 1 aromatic heterocycles. The Morgan fingerprint density at radius 1 is 1.28 bits per heavy atom. The molecule has 0 aliphatic carbocycles. The van der Waals surface area contributed by atoms with E-state index in [4.69, 9.17) is 10.5 Å². The highest BCUT2D eigenvalue weighted by atomic mass is 32.2. The minimum atomic E-state index is -3.71. The summed E-state index contributed by atoms with van der Waals surface area (Å²) in [5.41, 5.74) is 5.37. The van der Waals surface area contributed by atoms with Crippen LogP contribution in [0.15, 0.2) is 17.2 Å². The lowest BCUT2D eigenvalue weighted by molar-refractivity contribution is -0.149. The summed E-state index contributed by atoms with van der Waals surface area (Å²) in [4.78, 5) is 25.1. The number of piperazine rings is 1. The van der Waals surface area contributed by atoms with E-state index in [-0.39, 0.29) is 29.6 Å². The second kappa shape index (κ2) is 7.54. The van der Waals surface area contributed by atoms with Crippen LogP contribution in [-0.2, 0) is 26.6 Å². The van der Waals surface area contributed by atoms with Crippen LogP contribution in [-0.4, -0.2) is 72.9 Å². The summed E-state index contributed by atoms with van der Waals surface area (Å²) in [6.45, 7) is 5.17. The minimum Gasteiger partial charge on any atom is -0.465 e. The van der Waals surface area contributed by atoms with E-state index in [2.05, 4.69) is 0 Å². The number of amides is 1. The molecule has 10 heteroatoms. The maximum absolute atomic E-state index is 12.7. The predicted octanol–water partition coefficient (Wildman–Crippen LogP) is -0.618. The van der Waals surface area contributed by atoms with Crippen molar-refractivity contribution in [3.63, 3.8) is 0 Å². The second-order valence-corrected chi connectivity index (χ2v) is 7.84. The molecule has 0 radical (unpaired) electrons. The molecular formula is C15H24N4O5S. The summed E-state index contributed by atoms with van der Waals surface area (Å²) in [6, 6.07) is 0.869. The number of ether oxygens (including phenoxy) is 1. The van der Waals surface area contributed by atoms with Gasteiger partial charge < -0.3 is 15.0 Å². The van der Waals surface area contributed by atoms with Gasteiger partial charge in [-0.05, 0) is 19.9 Å². The van der Waals surface area contributed by atoms with Crippen molar-refractivity contribution < 1.29 is 22.7 Å². The first-order valence-electron chi connectivity index (χ1n) is 8.05. The first-order valence-corrected chi connectivity index (χ1v) is 9.49. The third kappa shape index (κ3) is 4.02. The Bertz CT molecular complexity index is 750. The van der Waals surface area contributed by atoms with Crippen LogP contribution in [0.5, 0.6) is 0 Å². The summed E-state index contributed by atoms with van der Waals surface area (Å²) < 4.78 is 33.2. The molecule has 1 unspecified atom stereocenters. The molecule has 0 bridgehead atoms. The van der Waals surface area contributed by atoms with E-state index in [9.17, 15) is 18.0 Å². The monoisotopic (exact) mass is 372 g/mol. The lowest BCUT2D eigenvalue weighted by atomic mass is 10.2. The van der Waals surface area contributed by atoms with Crippen LogP contribution in [0.1, 0.15) is 24.3 Å². The Kier molecular flexibility index (Phi) is 5.86. The molecule has 2 rings (SSSR count). The van der Waals surface area contributed by atoms with Gasteiger partial charge in [-0.2, -0.15) is 4.31 Å². The highest BCUT2D eigenvalue weighted by Crippen LogP contribution is 2.20. The van der Waals surface area contributed by atoms with Crippen LogP contribution >= 0.6 is 0 Å². The van der Waals surface area contributed by atoms with Crippen molar-refractivity contribution in [3.05, 3.63) is 18.0 Å². The van der Waals surface area contributed by atoms with E-state index in [1.807, 2.05) is 4.90 Å². The molecule has 9 nitrogen and oxygen atoms in total. The van der Waals surface area contributed by atoms with Crippen molar-refractivity contribution >= 4 is 21.9 Å². The Morgan fingerprint density at radius 2 is 1.88 bits per heavy atom. The molecule has 1 atom stereocenters. The first kappa shape index (κ1) is 19.4. The lowest BCUT2D eigenvalue weighted by Gasteiger charge is -2.36. The molecule has 1 amide bonds. The zero-order valence-corrected chi connectivity index (χ0v) is 15.5. The van der Waals surface area contributed by atoms with E-state index in [1.54, 1.807) is 20.9 Å². The topological polar surface area (TPSA) is 115 Å². The number of primary amides is 1. The van der Waals surface area contributed by atoms with Gasteiger partial charge in [-0.1, -0.05) is 0 Å². The average Bonchev–Trinajstić information content (AvgIpc) is 2.97. The van der Waals surface area contributed by atoms with E-state index < -0.39 is 22.0 Å². The number of aromatic nitrogens is 1. The van der Waals surface area contributed by atoms with Crippen molar-refractivity contribution in [1.29, 1.82) is 0 Å².